The highest BCUT2D eigenvalue weighted by molar-refractivity contribution is 7.13. The van der Waals surface area contributed by atoms with Crippen molar-refractivity contribution in [3.8, 4) is 0 Å². The molecular weight excluding hydrogens is 268 g/mol. The highest BCUT2D eigenvalue weighted by Gasteiger charge is 2.12. The molecule has 20 heavy (non-hydrogen) atoms. The fourth-order valence-electron chi connectivity index (χ4n) is 2.73. The molecule has 0 radical (unpaired) electrons. The molecule has 1 N–H and O–H groups in total. The zero-order chi connectivity index (χ0) is 13.5. The van der Waals surface area contributed by atoms with E-state index in [1.807, 2.05) is 28.2 Å². The van der Waals surface area contributed by atoms with E-state index in [-0.39, 0.29) is 5.56 Å². The van der Waals surface area contributed by atoms with E-state index in [4.69, 9.17) is 0 Å². The number of fused-ring (bicyclic) bond motifs is 2. The largest absolute Gasteiger partial charge is 0.309 e. The van der Waals surface area contributed by atoms with Crippen molar-refractivity contribution in [2.75, 3.05) is 0 Å². The van der Waals surface area contributed by atoms with Crippen LogP contribution in [0.3, 0.4) is 0 Å². The van der Waals surface area contributed by atoms with E-state index in [1.54, 1.807) is 11.5 Å². The van der Waals surface area contributed by atoms with Crippen LogP contribution in [-0.4, -0.2) is 3.96 Å². The van der Waals surface area contributed by atoms with E-state index in [1.165, 1.54) is 16.7 Å². The van der Waals surface area contributed by atoms with Gasteiger partial charge in [-0.25, -0.2) is 0 Å². The van der Waals surface area contributed by atoms with Crippen molar-refractivity contribution >= 4 is 21.6 Å². The molecule has 2 heterocycles. The van der Waals surface area contributed by atoms with Gasteiger partial charge in [0.2, 0.25) is 0 Å². The van der Waals surface area contributed by atoms with Crippen molar-refractivity contribution in [3.05, 3.63) is 69.5 Å². The molecule has 4 heteroatoms. The third-order valence-corrected chi connectivity index (χ3v) is 4.85. The molecule has 0 bridgehead atoms. The minimum atomic E-state index is 0.115. The van der Waals surface area contributed by atoms with Gasteiger partial charge in [-0.05, 0) is 28.8 Å². The van der Waals surface area contributed by atoms with E-state index >= 15 is 0 Å². The highest BCUT2D eigenvalue weighted by Crippen LogP contribution is 2.20. The normalized spacial score (nSPS) is 13.8. The van der Waals surface area contributed by atoms with Gasteiger partial charge in [-0.15, -0.1) is 0 Å². The molecule has 1 aromatic heterocycles. The van der Waals surface area contributed by atoms with Gasteiger partial charge in [0.05, 0.1) is 16.6 Å². The van der Waals surface area contributed by atoms with Crippen LogP contribution in [0.15, 0.2) is 47.3 Å². The van der Waals surface area contributed by atoms with Crippen molar-refractivity contribution in [1.29, 1.82) is 0 Å². The Labute approximate surface area is 120 Å². The van der Waals surface area contributed by atoms with Crippen LogP contribution in [-0.2, 0) is 19.6 Å². The van der Waals surface area contributed by atoms with Gasteiger partial charge in [0.15, 0.2) is 0 Å². The topological polar surface area (TPSA) is 34.0 Å². The molecule has 0 unspecified atom stereocenters. The summed E-state index contributed by atoms with van der Waals surface area (Å²) < 4.78 is 2.90. The van der Waals surface area contributed by atoms with Crippen LogP contribution in [0.5, 0.6) is 0 Å². The maximum Gasteiger partial charge on any atom is 0.268 e. The summed E-state index contributed by atoms with van der Waals surface area (Å²) in [6.07, 6.45) is 0. The van der Waals surface area contributed by atoms with Crippen LogP contribution in [0.1, 0.15) is 16.7 Å². The molecule has 0 saturated carbocycles. The van der Waals surface area contributed by atoms with Gasteiger partial charge >= 0.3 is 0 Å². The van der Waals surface area contributed by atoms with E-state index in [0.29, 0.717) is 6.54 Å². The summed E-state index contributed by atoms with van der Waals surface area (Å²) in [5.74, 6) is 0. The lowest BCUT2D eigenvalue weighted by Gasteiger charge is -2.04. The molecule has 0 aliphatic carbocycles. The van der Waals surface area contributed by atoms with Crippen LogP contribution >= 0.6 is 11.5 Å². The molecule has 0 spiro atoms. The molecule has 1 aliphatic rings. The van der Waals surface area contributed by atoms with E-state index in [9.17, 15) is 4.79 Å². The third-order valence-electron chi connectivity index (χ3n) is 3.78. The van der Waals surface area contributed by atoms with E-state index < -0.39 is 0 Å². The zero-order valence-corrected chi connectivity index (χ0v) is 11.7. The first-order valence-electron chi connectivity index (χ1n) is 6.71. The second-order valence-corrected chi connectivity index (χ2v) is 6.20. The lowest BCUT2D eigenvalue weighted by atomic mass is 10.1. The number of hydrogen-bond donors (Lipinski definition) is 1. The SMILES string of the molecule is O=c1c2ccccc2sn1Cc1ccc2c(c1)CNC2. The molecule has 0 fully saturated rings. The van der Waals surface area contributed by atoms with E-state index in [0.717, 1.165) is 23.2 Å². The predicted molar refractivity (Wildman–Crippen MR) is 82.2 cm³/mol. The fourth-order valence-corrected chi connectivity index (χ4v) is 3.76. The zero-order valence-electron chi connectivity index (χ0n) is 10.9. The Morgan fingerprint density at radius 2 is 1.95 bits per heavy atom. The molecule has 1 aliphatic heterocycles. The van der Waals surface area contributed by atoms with Gasteiger partial charge < -0.3 is 5.32 Å². The standard InChI is InChI=1S/C16H14N2OS/c19-16-14-3-1-2-4-15(14)20-18(16)10-11-5-6-12-8-17-9-13(12)7-11/h1-7,17H,8-10H2. The van der Waals surface area contributed by atoms with Crippen LogP contribution in [0.4, 0.5) is 0 Å². The van der Waals surface area contributed by atoms with Crippen LogP contribution < -0.4 is 10.9 Å². The molecular formula is C16H14N2OS. The number of aromatic nitrogens is 1. The number of nitrogens with zero attached hydrogens (tertiary/aromatic N) is 1. The lowest BCUT2D eigenvalue weighted by molar-refractivity contribution is 0.764. The first kappa shape index (κ1) is 11.9. The number of rotatable bonds is 2. The molecule has 3 nitrogen and oxygen atoms in total. The van der Waals surface area contributed by atoms with Gasteiger partial charge in [0, 0.05) is 13.1 Å². The fraction of sp³-hybridized carbons (Fsp3) is 0.188. The second-order valence-electron chi connectivity index (χ2n) is 5.14. The maximum atomic E-state index is 12.3. The van der Waals surface area contributed by atoms with Crippen molar-refractivity contribution < 1.29 is 0 Å². The first-order valence-corrected chi connectivity index (χ1v) is 7.49. The Kier molecular flexibility index (Phi) is 2.72. The Bertz CT molecular complexity index is 847. The Morgan fingerprint density at radius 1 is 1.10 bits per heavy atom. The van der Waals surface area contributed by atoms with Gasteiger partial charge in [0.25, 0.3) is 5.56 Å². The van der Waals surface area contributed by atoms with Crippen LogP contribution in [0, 0.1) is 0 Å². The molecule has 0 amide bonds. The average molecular weight is 282 g/mol. The van der Waals surface area contributed by atoms with Gasteiger partial charge in [-0.3, -0.25) is 8.75 Å². The summed E-state index contributed by atoms with van der Waals surface area (Å²) in [5, 5.41) is 4.17. The molecule has 4 rings (SSSR count). The highest BCUT2D eigenvalue weighted by atomic mass is 32.1. The number of benzene rings is 2. The lowest BCUT2D eigenvalue weighted by Crippen LogP contribution is -2.13. The number of hydrogen-bond acceptors (Lipinski definition) is 3. The Hall–Kier alpha value is -1.91. The molecule has 0 atom stereocenters. The van der Waals surface area contributed by atoms with Gasteiger partial charge in [0.1, 0.15) is 0 Å². The summed E-state index contributed by atoms with van der Waals surface area (Å²) in [4.78, 5) is 12.3. The van der Waals surface area contributed by atoms with Gasteiger partial charge in [-0.2, -0.15) is 0 Å². The smallest absolute Gasteiger partial charge is 0.268 e. The van der Waals surface area contributed by atoms with Crippen LogP contribution in [0.25, 0.3) is 10.1 Å². The Morgan fingerprint density at radius 3 is 2.85 bits per heavy atom. The average Bonchev–Trinajstić information content (AvgIpc) is 3.05. The summed E-state index contributed by atoms with van der Waals surface area (Å²) in [6.45, 7) is 2.55. The molecule has 100 valence electrons. The van der Waals surface area contributed by atoms with Crippen molar-refractivity contribution in [1.82, 2.24) is 9.27 Å². The summed E-state index contributed by atoms with van der Waals surface area (Å²) >= 11 is 1.54. The first-order chi connectivity index (χ1) is 9.81. The Balaban J connectivity index is 1.74. The van der Waals surface area contributed by atoms with Crippen molar-refractivity contribution in [2.45, 2.75) is 19.6 Å². The van der Waals surface area contributed by atoms with Crippen LogP contribution in [0.2, 0.25) is 0 Å². The molecule has 2 aromatic carbocycles. The summed E-state index contributed by atoms with van der Waals surface area (Å²) in [6, 6.07) is 14.3. The monoisotopic (exact) mass is 282 g/mol. The predicted octanol–water partition coefficient (Wildman–Crippen LogP) is 2.71. The second kappa shape index (κ2) is 4.58. The van der Waals surface area contributed by atoms with Gasteiger partial charge in [-0.1, -0.05) is 41.9 Å². The maximum absolute atomic E-state index is 12.3. The molecule has 3 aromatic rings. The molecule has 0 saturated heterocycles. The third kappa shape index (κ3) is 1.88. The van der Waals surface area contributed by atoms with E-state index in [2.05, 4.69) is 23.5 Å². The van der Waals surface area contributed by atoms with Crippen molar-refractivity contribution in [3.63, 3.8) is 0 Å². The minimum absolute atomic E-state index is 0.115. The summed E-state index contributed by atoms with van der Waals surface area (Å²) in [7, 11) is 0. The quantitative estimate of drug-likeness (QED) is 0.784. The number of nitrogens with one attached hydrogen (secondary N) is 1. The van der Waals surface area contributed by atoms with Crippen molar-refractivity contribution in [2.24, 2.45) is 0 Å². The summed E-state index contributed by atoms with van der Waals surface area (Å²) in [5.41, 5.74) is 4.04. The minimum Gasteiger partial charge on any atom is -0.309 e.